The third kappa shape index (κ3) is 3.18. The summed E-state index contributed by atoms with van der Waals surface area (Å²) in [5.74, 6) is 0.153. The minimum Gasteiger partial charge on any atom is -0.382 e. The number of sulfone groups is 1. The average Bonchev–Trinajstić information content (AvgIpc) is 2.74. The van der Waals surface area contributed by atoms with Crippen LogP contribution in [0.4, 0.5) is 10.8 Å². The maximum absolute atomic E-state index is 12.0. The fraction of sp³-hybridized carbons (Fsp3) is 0.727. The highest BCUT2D eigenvalue weighted by atomic mass is 32.2. The lowest BCUT2D eigenvalue weighted by Gasteiger charge is -2.29. The number of hydrogen-bond acceptors (Lipinski definition) is 7. The van der Waals surface area contributed by atoms with Crippen LogP contribution in [0.3, 0.4) is 0 Å². The molecule has 6 nitrogen and oxygen atoms in total. The molecule has 108 valence electrons. The molecule has 0 spiro atoms. The maximum Gasteiger partial charge on any atom is 0.184 e. The van der Waals surface area contributed by atoms with E-state index in [1.807, 2.05) is 0 Å². The van der Waals surface area contributed by atoms with Gasteiger partial charge in [0.05, 0.1) is 5.75 Å². The molecular formula is C11H20N4O2S2. The van der Waals surface area contributed by atoms with Crippen molar-refractivity contribution >= 4 is 32.2 Å². The van der Waals surface area contributed by atoms with Crippen LogP contribution in [0, 0.1) is 0 Å². The van der Waals surface area contributed by atoms with Crippen LogP contribution < -0.4 is 11.1 Å². The third-order valence-electron chi connectivity index (χ3n) is 3.42. The molecule has 2 heterocycles. The predicted octanol–water partition coefficient (Wildman–Crippen LogP) is 1.02. The number of piperidine rings is 1. The highest BCUT2D eigenvalue weighted by Gasteiger charge is 2.26. The second-order valence-corrected chi connectivity index (χ2v) is 7.84. The van der Waals surface area contributed by atoms with Gasteiger partial charge in [0.1, 0.15) is 9.90 Å². The summed E-state index contributed by atoms with van der Waals surface area (Å²) in [6, 6.07) is 0.293. The summed E-state index contributed by atoms with van der Waals surface area (Å²) in [7, 11) is -1.24. The van der Waals surface area contributed by atoms with Gasteiger partial charge in [0.15, 0.2) is 15.7 Å². The summed E-state index contributed by atoms with van der Waals surface area (Å²) >= 11 is 1.13. The van der Waals surface area contributed by atoms with Gasteiger partial charge in [-0.2, -0.15) is 4.37 Å². The van der Waals surface area contributed by atoms with Crippen molar-refractivity contribution in [1.29, 1.82) is 0 Å². The molecule has 0 bridgehead atoms. The van der Waals surface area contributed by atoms with E-state index in [1.165, 1.54) is 0 Å². The first-order valence-electron chi connectivity index (χ1n) is 6.37. The van der Waals surface area contributed by atoms with E-state index in [4.69, 9.17) is 5.73 Å². The molecule has 1 aliphatic heterocycles. The van der Waals surface area contributed by atoms with E-state index in [-0.39, 0.29) is 16.5 Å². The Kier molecular flexibility index (Phi) is 4.32. The lowest BCUT2D eigenvalue weighted by molar-refractivity contribution is 0.264. The number of likely N-dealkylation sites (tertiary alicyclic amines) is 1. The Morgan fingerprint density at radius 1 is 1.47 bits per heavy atom. The molecule has 1 aromatic rings. The molecule has 19 heavy (non-hydrogen) atoms. The van der Waals surface area contributed by atoms with Gasteiger partial charge < -0.3 is 16.0 Å². The monoisotopic (exact) mass is 304 g/mol. The van der Waals surface area contributed by atoms with Crippen LogP contribution in [0.2, 0.25) is 0 Å². The molecule has 0 unspecified atom stereocenters. The van der Waals surface area contributed by atoms with Crippen LogP contribution in [0.1, 0.15) is 19.8 Å². The normalized spacial score (nSPS) is 18.6. The Hall–Kier alpha value is -0.860. The third-order valence-corrected chi connectivity index (χ3v) is 6.14. The SMILES string of the molecule is CCS(=O)(=O)c1c(N)nsc1NC1CCN(C)CC1. The average molecular weight is 304 g/mol. The van der Waals surface area contributed by atoms with Crippen molar-refractivity contribution in [1.82, 2.24) is 9.27 Å². The summed E-state index contributed by atoms with van der Waals surface area (Å²) in [6.07, 6.45) is 2.00. The first-order valence-corrected chi connectivity index (χ1v) is 8.79. The molecule has 8 heteroatoms. The molecule has 0 aliphatic carbocycles. The molecule has 0 saturated carbocycles. The standard InChI is InChI=1S/C11H20N4O2S2/c1-3-19(16,17)9-10(12)14-18-11(9)13-8-4-6-15(2)7-5-8/h8,13H,3-7H2,1-2H3,(H2,12,14). The number of nitrogens with two attached hydrogens (primary N) is 1. The molecule has 3 N–H and O–H groups in total. The van der Waals surface area contributed by atoms with E-state index in [2.05, 4.69) is 21.6 Å². The number of nitrogens with zero attached hydrogens (tertiary/aromatic N) is 2. The van der Waals surface area contributed by atoms with E-state index in [0.717, 1.165) is 37.5 Å². The smallest absolute Gasteiger partial charge is 0.184 e. The topological polar surface area (TPSA) is 88.3 Å². The lowest BCUT2D eigenvalue weighted by atomic mass is 10.1. The Labute approximate surface area is 118 Å². The number of hydrogen-bond donors (Lipinski definition) is 2. The van der Waals surface area contributed by atoms with Crippen LogP contribution in [0.5, 0.6) is 0 Å². The van der Waals surface area contributed by atoms with Gasteiger partial charge in [0.2, 0.25) is 0 Å². The Morgan fingerprint density at radius 2 is 2.11 bits per heavy atom. The molecule has 0 amide bonds. The van der Waals surface area contributed by atoms with E-state index in [0.29, 0.717) is 11.0 Å². The van der Waals surface area contributed by atoms with Gasteiger partial charge in [0.25, 0.3) is 0 Å². The lowest BCUT2D eigenvalue weighted by Crippen LogP contribution is -2.36. The zero-order chi connectivity index (χ0) is 14.0. The van der Waals surface area contributed by atoms with Gasteiger partial charge in [-0.05, 0) is 44.5 Å². The summed E-state index contributed by atoms with van der Waals surface area (Å²) < 4.78 is 28.1. The van der Waals surface area contributed by atoms with E-state index in [1.54, 1.807) is 6.92 Å². The predicted molar refractivity (Wildman–Crippen MR) is 78.4 cm³/mol. The summed E-state index contributed by atoms with van der Waals surface area (Å²) in [6.45, 7) is 3.65. The molecule has 0 aromatic carbocycles. The zero-order valence-corrected chi connectivity index (χ0v) is 12.9. The fourth-order valence-corrected chi connectivity index (χ4v) is 4.40. The minimum absolute atomic E-state index is 0.0394. The van der Waals surface area contributed by atoms with Crippen molar-refractivity contribution < 1.29 is 8.42 Å². The van der Waals surface area contributed by atoms with Gasteiger partial charge in [-0.1, -0.05) is 6.92 Å². The van der Waals surface area contributed by atoms with Gasteiger partial charge in [-0.15, -0.1) is 0 Å². The quantitative estimate of drug-likeness (QED) is 0.863. The van der Waals surface area contributed by atoms with Crippen molar-refractivity contribution in [3.05, 3.63) is 0 Å². The Balaban J connectivity index is 2.18. The zero-order valence-electron chi connectivity index (χ0n) is 11.2. The molecule has 1 fully saturated rings. The van der Waals surface area contributed by atoms with Crippen LogP contribution in [-0.4, -0.2) is 49.6 Å². The van der Waals surface area contributed by atoms with Crippen molar-refractivity contribution in [2.45, 2.75) is 30.7 Å². The van der Waals surface area contributed by atoms with Crippen molar-refractivity contribution in [2.75, 3.05) is 36.9 Å². The second kappa shape index (κ2) is 5.64. The minimum atomic E-state index is -3.33. The summed E-state index contributed by atoms with van der Waals surface area (Å²) in [5, 5.41) is 3.89. The van der Waals surface area contributed by atoms with Gasteiger partial charge in [-0.3, -0.25) is 0 Å². The fourth-order valence-electron chi connectivity index (χ4n) is 2.17. The van der Waals surface area contributed by atoms with Crippen LogP contribution in [0.25, 0.3) is 0 Å². The van der Waals surface area contributed by atoms with E-state index >= 15 is 0 Å². The number of aromatic nitrogens is 1. The van der Waals surface area contributed by atoms with Crippen LogP contribution >= 0.6 is 11.5 Å². The molecule has 1 saturated heterocycles. The number of nitrogens with one attached hydrogen (secondary N) is 1. The van der Waals surface area contributed by atoms with E-state index in [9.17, 15) is 8.42 Å². The molecule has 1 aliphatic rings. The molecular weight excluding hydrogens is 284 g/mol. The van der Waals surface area contributed by atoms with Crippen LogP contribution in [0.15, 0.2) is 4.90 Å². The van der Waals surface area contributed by atoms with Crippen molar-refractivity contribution in [3.8, 4) is 0 Å². The highest BCUT2D eigenvalue weighted by molar-refractivity contribution is 7.91. The summed E-state index contributed by atoms with van der Waals surface area (Å²) in [5.41, 5.74) is 5.70. The van der Waals surface area contributed by atoms with E-state index < -0.39 is 9.84 Å². The number of rotatable bonds is 4. The molecule has 0 radical (unpaired) electrons. The van der Waals surface area contributed by atoms with Gasteiger partial charge in [0, 0.05) is 6.04 Å². The second-order valence-electron chi connectivity index (χ2n) is 4.85. The first kappa shape index (κ1) is 14.5. The Bertz CT molecular complexity index is 533. The van der Waals surface area contributed by atoms with Gasteiger partial charge in [-0.25, -0.2) is 8.42 Å². The molecule has 0 atom stereocenters. The van der Waals surface area contributed by atoms with Crippen LogP contribution in [-0.2, 0) is 9.84 Å². The first-order chi connectivity index (χ1) is 8.94. The van der Waals surface area contributed by atoms with Crippen molar-refractivity contribution in [2.24, 2.45) is 0 Å². The summed E-state index contributed by atoms with van der Waals surface area (Å²) in [4.78, 5) is 2.45. The largest absolute Gasteiger partial charge is 0.382 e. The molecule has 2 rings (SSSR count). The van der Waals surface area contributed by atoms with Gasteiger partial charge >= 0.3 is 0 Å². The highest BCUT2D eigenvalue weighted by Crippen LogP contribution is 2.33. The maximum atomic E-state index is 12.0. The van der Waals surface area contributed by atoms with Crippen molar-refractivity contribution in [3.63, 3.8) is 0 Å². The molecule has 1 aromatic heterocycles. The Morgan fingerprint density at radius 3 is 2.68 bits per heavy atom. The number of nitrogen functional groups attached to an aromatic ring is 1. The number of anilines is 2.